The number of amides is 2. The van der Waals surface area contributed by atoms with Crippen LogP contribution in [0.15, 0.2) is 24.3 Å². The van der Waals surface area contributed by atoms with Gasteiger partial charge in [-0.15, -0.1) is 5.06 Å². The number of rotatable bonds is 12. The van der Waals surface area contributed by atoms with Gasteiger partial charge in [0.25, 0.3) is 11.8 Å². The van der Waals surface area contributed by atoms with Crippen LogP contribution in [-0.2, 0) is 23.8 Å². The van der Waals surface area contributed by atoms with Crippen molar-refractivity contribution < 1.29 is 33.4 Å². The molecular weight excluding hydrogens is 330 g/mol. The number of imide groups is 1. The molecule has 0 saturated carbocycles. The van der Waals surface area contributed by atoms with Gasteiger partial charge in [-0.1, -0.05) is 12.1 Å². The lowest BCUT2D eigenvalue weighted by Crippen LogP contribution is -2.31. The first-order valence-corrected chi connectivity index (χ1v) is 8.23. The molecule has 1 atom stereocenters. The van der Waals surface area contributed by atoms with Crippen molar-refractivity contribution in [2.24, 2.45) is 0 Å². The highest BCUT2D eigenvalue weighted by molar-refractivity contribution is 6.20. The number of hydrogen-bond acceptors (Lipinski definition) is 7. The molecular formula is C17H21NO7. The van der Waals surface area contributed by atoms with Gasteiger partial charge in [-0.3, -0.25) is 14.4 Å². The molecule has 1 aromatic carbocycles. The highest BCUT2D eigenvalue weighted by Gasteiger charge is 2.36. The van der Waals surface area contributed by atoms with E-state index in [2.05, 4.69) is 0 Å². The number of benzene rings is 1. The summed E-state index contributed by atoms with van der Waals surface area (Å²) in [5.41, 5.74) is 0.717. The van der Waals surface area contributed by atoms with E-state index in [9.17, 15) is 9.59 Å². The lowest BCUT2D eigenvalue weighted by atomic mass is 10.1. The summed E-state index contributed by atoms with van der Waals surface area (Å²) in [6.07, 6.45) is 0.269. The molecule has 0 spiro atoms. The minimum atomic E-state index is -0.444. The Morgan fingerprint density at radius 1 is 0.880 bits per heavy atom. The summed E-state index contributed by atoms with van der Waals surface area (Å²) >= 11 is 0. The number of carbonyl (C=O) groups is 2. The molecule has 25 heavy (non-hydrogen) atoms. The fraction of sp³-hybridized carbons (Fsp3) is 0.529. The summed E-state index contributed by atoms with van der Waals surface area (Å²) in [6.45, 7) is 3.65. The number of carbonyl (C=O) groups excluding carboxylic acids is 2. The molecule has 0 aliphatic carbocycles. The molecule has 1 saturated heterocycles. The number of fused-ring (bicyclic) bond motifs is 1. The summed E-state index contributed by atoms with van der Waals surface area (Å²) < 4.78 is 21.0. The van der Waals surface area contributed by atoms with Gasteiger partial charge in [0.2, 0.25) is 0 Å². The molecule has 0 radical (unpaired) electrons. The van der Waals surface area contributed by atoms with Gasteiger partial charge in [0.05, 0.1) is 64.0 Å². The van der Waals surface area contributed by atoms with Crippen LogP contribution >= 0.6 is 0 Å². The van der Waals surface area contributed by atoms with E-state index in [1.165, 1.54) is 0 Å². The predicted molar refractivity (Wildman–Crippen MR) is 85.1 cm³/mol. The van der Waals surface area contributed by atoms with Crippen molar-refractivity contribution in [2.45, 2.75) is 6.10 Å². The Hall–Kier alpha value is -1.84. The second kappa shape index (κ2) is 9.02. The van der Waals surface area contributed by atoms with Crippen molar-refractivity contribution in [1.29, 1.82) is 0 Å². The van der Waals surface area contributed by atoms with E-state index < -0.39 is 11.8 Å². The van der Waals surface area contributed by atoms with Crippen LogP contribution in [0.25, 0.3) is 0 Å². The van der Waals surface area contributed by atoms with Gasteiger partial charge in [-0.2, -0.15) is 0 Å². The monoisotopic (exact) mass is 351 g/mol. The number of ether oxygens (including phenoxy) is 4. The molecule has 1 fully saturated rings. The van der Waals surface area contributed by atoms with Crippen LogP contribution in [0.1, 0.15) is 20.7 Å². The minimum absolute atomic E-state index is 0.107. The molecule has 0 bridgehead atoms. The van der Waals surface area contributed by atoms with E-state index in [4.69, 9.17) is 23.8 Å². The van der Waals surface area contributed by atoms with Crippen molar-refractivity contribution in [3.05, 3.63) is 35.4 Å². The molecule has 0 N–H and O–H groups in total. The Balaban J connectivity index is 1.20. The zero-order valence-corrected chi connectivity index (χ0v) is 13.8. The Morgan fingerprint density at radius 2 is 1.40 bits per heavy atom. The highest BCUT2D eigenvalue weighted by Crippen LogP contribution is 2.22. The Kier molecular flexibility index (Phi) is 6.48. The van der Waals surface area contributed by atoms with E-state index in [-0.39, 0.29) is 19.3 Å². The quantitative estimate of drug-likeness (QED) is 0.311. The van der Waals surface area contributed by atoms with Crippen LogP contribution in [0.4, 0.5) is 0 Å². The number of hydroxylamine groups is 2. The first kappa shape index (κ1) is 18.0. The molecule has 8 nitrogen and oxygen atoms in total. The molecule has 8 heteroatoms. The van der Waals surface area contributed by atoms with Crippen LogP contribution in [0, 0.1) is 0 Å². The fourth-order valence-electron chi connectivity index (χ4n) is 2.29. The Labute approximate surface area is 145 Å². The zero-order chi connectivity index (χ0) is 17.5. The van der Waals surface area contributed by atoms with Gasteiger partial charge in [0.1, 0.15) is 6.10 Å². The molecule has 2 heterocycles. The van der Waals surface area contributed by atoms with Gasteiger partial charge >= 0.3 is 0 Å². The molecule has 1 aromatic rings. The van der Waals surface area contributed by atoms with Crippen LogP contribution in [-0.4, -0.2) is 75.8 Å². The third kappa shape index (κ3) is 5.07. The van der Waals surface area contributed by atoms with Crippen molar-refractivity contribution >= 4 is 11.8 Å². The topological polar surface area (TPSA) is 86.8 Å². The second-order valence-electron chi connectivity index (χ2n) is 5.54. The van der Waals surface area contributed by atoms with E-state index in [0.29, 0.717) is 44.2 Å². The average Bonchev–Trinajstić information content (AvgIpc) is 3.42. The summed E-state index contributed by atoms with van der Waals surface area (Å²) in [5, 5.41) is 0.783. The van der Waals surface area contributed by atoms with E-state index in [0.717, 1.165) is 11.7 Å². The molecule has 2 aliphatic rings. The normalized spacial score (nSPS) is 18.7. The van der Waals surface area contributed by atoms with Crippen molar-refractivity contribution in [1.82, 2.24) is 5.06 Å². The summed E-state index contributed by atoms with van der Waals surface area (Å²) in [4.78, 5) is 29.3. The predicted octanol–water partition coefficient (Wildman–Crippen LogP) is 0.663. The van der Waals surface area contributed by atoms with Crippen LogP contribution in [0.2, 0.25) is 0 Å². The Morgan fingerprint density at radius 3 is 1.96 bits per heavy atom. The van der Waals surface area contributed by atoms with Crippen molar-refractivity contribution in [2.75, 3.05) is 52.9 Å². The smallest absolute Gasteiger partial charge is 0.285 e. The van der Waals surface area contributed by atoms with Gasteiger partial charge < -0.3 is 18.9 Å². The van der Waals surface area contributed by atoms with Gasteiger partial charge in [-0.05, 0) is 12.1 Å². The second-order valence-corrected chi connectivity index (χ2v) is 5.54. The van der Waals surface area contributed by atoms with Crippen LogP contribution in [0.5, 0.6) is 0 Å². The number of epoxide rings is 1. The van der Waals surface area contributed by atoms with Crippen LogP contribution < -0.4 is 0 Å². The minimum Gasteiger partial charge on any atom is -0.377 e. The molecule has 0 aromatic heterocycles. The van der Waals surface area contributed by atoms with E-state index in [1.54, 1.807) is 24.3 Å². The number of hydrogen-bond donors (Lipinski definition) is 0. The third-order valence-electron chi connectivity index (χ3n) is 3.65. The van der Waals surface area contributed by atoms with Gasteiger partial charge in [0, 0.05) is 0 Å². The zero-order valence-electron chi connectivity index (χ0n) is 13.8. The standard InChI is InChI=1S/C17H21NO7/c19-16-14-3-1-2-4-15(14)17(20)18(16)25-10-9-22-6-5-21-7-8-23-11-13-12-24-13/h1-4,13H,5-12H2. The summed E-state index contributed by atoms with van der Waals surface area (Å²) in [7, 11) is 0. The summed E-state index contributed by atoms with van der Waals surface area (Å²) in [6, 6.07) is 6.63. The lowest BCUT2D eigenvalue weighted by Gasteiger charge is -2.13. The maximum absolute atomic E-state index is 12.0. The third-order valence-corrected chi connectivity index (χ3v) is 3.65. The summed E-state index contributed by atoms with van der Waals surface area (Å²) in [5.74, 6) is -0.888. The largest absolute Gasteiger partial charge is 0.377 e. The molecule has 136 valence electrons. The maximum Gasteiger partial charge on any atom is 0.285 e. The Bertz CT molecular complexity index is 567. The highest BCUT2D eigenvalue weighted by atomic mass is 16.7. The van der Waals surface area contributed by atoms with Gasteiger partial charge in [0.15, 0.2) is 0 Å². The first-order chi connectivity index (χ1) is 12.3. The molecule has 3 rings (SSSR count). The SMILES string of the molecule is O=C1c2ccccc2C(=O)N1OCCOCCOCCOCC1CO1. The van der Waals surface area contributed by atoms with E-state index in [1.807, 2.05) is 0 Å². The lowest BCUT2D eigenvalue weighted by molar-refractivity contribution is -0.108. The van der Waals surface area contributed by atoms with Crippen LogP contribution in [0.3, 0.4) is 0 Å². The van der Waals surface area contributed by atoms with Crippen molar-refractivity contribution in [3.63, 3.8) is 0 Å². The van der Waals surface area contributed by atoms with E-state index >= 15 is 0 Å². The molecule has 2 amide bonds. The van der Waals surface area contributed by atoms with Crippen molar-refractivity contribution in [3.8, 4) is 0 Å². The van der Waals surface area contributed by atoms with Gasteiger partial charge in [-0.25, -0.2) is 0 Å². The maximum atomic E-state index is 12.0. The fourth-order valence-corrected chi connectivity index (χ4v) is 2.29. The average molecular weight is 351 g/mol. The number of nitrogens with zero attached hydrogens (tertiary/aromatic N) is 1. The molecule has 2 aliphatic heterocycles. The first-order valence-electron chi connectivity index (χ1n) is 8.23. The molecule has 1 unspecified atom stereocenters.